The molecule has 0 aromatic carbocycles. The molecule has 0 aliphatic carbocycles. The van der Waals surface area contributed by atoms with Gasteiger partial charge < -0.3 is 13.9 Å². The predicted octanol–water partition coefficient (Wildman–Crippen LogP) is 0.825. The van der Waals surface area contributed by atoms with Gasteiger partial charge in [0.15, 0.2) is 5.76 Å². The number of rotatable bonds is 7. The highest BCUT2D eigenvalue weighted by Crippen LogP contribution is 2.11. The van der Waals surface area contributed by atoms with Gasteiger partial charge in [-0.3, -0.25) is 10.2 Å². The summed E-state index contributed by atoms with van der Waals surface area (Å²) in [4.78, 5) is 11.3. The molecule has 0 aliphatic rings. The van der Waals surface area contributed by atoms with Gasteiger partial charge in [-0.2, -0.15) is 0 Å². The highest BCUT2D eigenvalue weighted by Gasteiger charge is 2.13. The third kappa shape index (κ3) is 4.56. The molecular weight excluding hydrogens is 224 g/mol. The molecular formula is C11H18N2O4. The molecule has 6 heteroatoms. The first-order chi connectivity index (χ1) is 8.15. The molecule has 0 saturated heterocycles. The van der Waals surface area contributed by atoms with Crippen LogP contribution in [0.4, 0.5) is 0 Å². The maximum atomic E-state index is 11.3. The number of ether oxygens (including phenoxy) is 2. The largest absolute Gasteiger partial charge is 0.459 e. The minimum absolute atomic E-state index is 0.178. The fraction of sp³-hybridized carbons (Fsp3) is 0.545. The van der Waals surface area contributed by atoms with E-state index in [1.54, 1.807) is 6.07 Å². The molecule has 1 rings (SSSR count). The van der Waals surface area contributed by atoms with Gasteiger partial charge in [-0.05, 0) is 19.9 Å². The van der Waals surface area contributed by atoms with Gasteiger partial charge in [-0.15, -0.1) is 0 Å². The molecule has 0 radical (unpaired) electrons. The van der Waals surface area contributed by atoms with Crippen LogP contribution in [-0.4, -0.2) is 25.2 Å². The summed E-state index contributed by atoms with van der Waals surface area (Å²) in [6, 6.07) is 1.67. The lowest BCUT2D eigenvalue weighted by Crippen LogP contribution is -2.30. The van der Waals surface area contributed by atoms with Crippen molar-refractivity contribution >= 4 is 5.91 Å². The second-order valence-corrected chi connectivity index (χ2v) is 3.72. The van der Waals surface area contributed by atoms with Gasteiger partial charge in [-0.25, -0.2) is 5.84 Å². The molecule has 0 spiro atoms. The minimum Gasteiger partial charge on any atom is -0.459 e. The number of nitrogens with two attached hydrogens (primary N) is 1. The molecule has 0 aliphatic heterocycles. The van der Waals surface area contributed by atoms with Crippen molar-refractivity contribution in [3.63, 3.8) is 0 Å². The highest BCUT2D eigenvalue weighted by molar-refractivity contribution is 5.92. The zero-order chi connectivity index (χ0) is 12.7. The summed E-state index contributed by atoms with van der Waals surface area (Å²) in [5.74, 6) is 4.73. The lowest BCUT2D eigenvalue weighted by atomic mass is 10.2. The Hall–Kier alpha value is -1.37. The monoisotopic (exact) mass is 242 g/mol. The van der Waals surface area contributed by atoms with Crippen LogP contribution in [0, 0.1) is 0 Å². The Labute approximate surface area is 100 Å². The van der Waals surface area contributed by atoms with Gasteiger partial charge in [0.1, 0.15) is 0 Å². The fourth-order valence-electron chi connectivity index (χ4n) is 1.24. The third-order valence-corrected chi connectivity index (χ3v) is 2.02. The van der Waals surface area contributed by atoms with Crippen LogP contribution in [0.15, 0.2) is 16.7 Å². The molecule has 0 unspecified atom stereocenters. The molecule has 1 heterocycles. The Kier molecular flexibility index (Phi) is 5.68. The maximum Gasteiger partial charge on any atom is 0.301 e. The van der Waals surface area contributed by atoms with Crippen molar-refractivity contribution < 1.29 is 18.7 Å². The number of hydrogen-bond donors (Lipinski definition) is 2. The van der Waals surface area contributed by atoms with E-state index in [4.69, 9.17) is 19.7 Å². The molecule has 0 fully saturated rings. The van der Waals surface area contributed by atoms with E-state index in [1.807, 2.05) is 19.3 Å². The molecule has 6 nitrogen and oxygen atoms in total. The summed E-state index contributed by atoms with van der Waals surface area (Å²) in [6.45, 7) is 5.20. The molecule has 96 valence electrons. The van der Waals surface area contributed by atoms with Crippen LogP contribution in [0.25, 0.3) is 0 Å². The zero-order valence-electron chi connectivity index (χ0n) is 10.1. The first kappa shape index (κ1) is 13.7. The first-order valence-electron chi connectivity index (χ1n) is 5.41. The van der Waals surface area contributed by atoms with Crippen LogP contribution in [0.2, 0.25) is 0 Å². The minimum atomic E-state index is -0.466. The quantitative estimate of drug-likeness (QED) is 0.320. The van der Waals surface area contributed by atoms with E-state index < -0.39 is 5.91 Å². The molecule has 1 aromatic heterocycles. The standard InChI is InChI=1S/C11H18N2O4/c1-8(2)16-6-5-15-7-9-3-4-17-10(9)11(14)13-12/h3-4,8H,5-7,12H2,1-2H3,(H,13,14). The van der Waals surface area contributed by atoms with Crippen molar-refractivity contribution in [1.82, 2.24) is 5.43 Å². The second kappa shape index (κ2) is 7.05. The lowest BCUT2D eigenvalue weighted by molar-refractivity contribution is 0.0140. The van der Waals surface area contributed by atoms with Gasteiger partial charge >= 0.3 is 5.91 Å². The summed E-state index contributed by atoms with van der Waals surface area (Å²) in [6.07, 6.45) is 1.61. The van der Waals surface area contributed by atoms with Gasteiger partial charge in [-0.1, -0.05) is 0 Å². The Bertz CT molecular complexity index is 349. The predicted molar refractivity (Wildman–Crippen MR) is 61.1 cm³/mol. The maximum absolute atomic E-state index is 11.3. The third-order valence-electron chi connectivity index (χ3n) is 2.02. The summed E-state index contributed by atoms with van der Waals surface area (Å²) in [5, 5.41) is 0. The number of carbonyl (C=O) groups is 1. The Morgan fingerprint density at radius 3 is 2.94 bits per heavy atom. The van der Waals surface area contributed by atoms with Crippen LogP contribution < -0.4 is 11.3 Å². The van der Waals surface area contributed by atoms with E-state index in [0.717, 1.165) is 0 Å². The van der Waals surface area contributed by atoms with Crippen LogP contribution in [0.3, 0.4) is 0 Å². The van der Waals surface area contributed by atoms with Crippen LogP contribution >= 0.6 is 0 Å². The van der Waals surface area contributed by atoms with E-state index in [0.29, 0.717) is 25.4 Å². The SMILES string of the molecule is CC(C)OCCOCc1ccoc1C(=O)NN. The normalized spacial score (nSPS) is 10.8. The van der Waals surface area contributed by atoms with E-state index in [1.165, 1.54) is 6.26 Å². The van der Waals surface area contributed by atoms with Crippen LogP contribution in [0.5, 0.6) is 0 Å². The number of carbonyl (C=O) groups excluding carboxylic acids is 1. The Balaban J connectivity index is 2.32. The van der Waals surface area contributed by atoms with Crippen molar-refractivity contribution in [2.45, 2.75) is 26.6 Å². The van der Waals surface area contributed by atoms with Crippen LogP contribution in [0.1, 0.15) is 30.0 Å². The molecule has 1 aromatic rings. The smallest absolute Gasteiger partial charge is 0.301 e. The number of amides is 1. The van der Waals surface area contributed by atoms with E-state index in [2.05, 4.69) is 0 Å². The van der Waals surface area contributed by atoms with Gasteiger partial charge in [0, 0.05) is 5.56 Å². The molecule has 0 saturated carbocycles. The van der Waals surface area contributed by atoms with Gasteiger partial charge in [0.2, 0.25) is 0 Å². The van der Waals surface area contributed by atoms with E-state index >= 15 is 0 Å². The second-order valence-electron chi connectivity index (χ2n) is 3.72. The summed E-state index contributed by atoms with van der Waals surface area (Å²) in [7, 11) is 0. The molecule has 17 heavy (non-hydrogen) atoms. The summed E-state index contributed by atoms with van der Waals surface area (Å²) < 4.78 is 15.7. The summed E-state index contributed by atoms with van der Waals surface area (Å²) >= 11 is 0. The first-order valence-corrected chi connectivity index (χ1v) is 5.41. The number of furan rings is 1. The van der Waals surface area contributed by atoms with Gasteiger partial charge in [0.25, 0.3) is 0 Å². The Morgan fingerprint density at radius 1 is 1.53 bits per heavy atom. The topological polar surface area (TPSA) is 86.7 Å². The average Bonchev–Trinajstić information content (AvgIpc) is 2.75. The van der Waals surface area contributed by atoms with Crippen molar-refractivity contribution in [3.8, 4) is 0 Å². The number of hydrogen-bond acceptors (Lipinski definition) is 5. The van der Waals surface area contributed by atoms with E-state index in [-0.39, 0.29) is 11.9 Å². The molecule has 1 amide bonds. The lowest BCUT2D eigenvalue weighted by Gasteiger charge is -2.07. The van der Waals surface area contributed by atoms with Crippen molar-refractivity contribution in [1.29, 1.82) is 0 Å². The van der Waals surface area contributed by atoms with E-state index in [9.17, 15) is 4.79 Å². The number of nitrogen functional groups attached to an aromatic ring is 1. The van der Waals surface area contributed by atoms with Crippen LogP contribution in [-0.2, 0) is 16.1 Å². The number of hydrazine groups is 1. The average molecular weight is 242 g/mol. The Morgan fingerprint density at radius 2 is 2.29 bits per heavy atom. The molecule has 3 N–H and O–H groups in total. The summed E-state index contributed by atoms with van der Waals surface area (Å²) in [5.41, 5.74) is 2.68. The number of nitrogens with one attached hydrogen (secondary N) is 1. The molecule has 0 atom stereocenters. The van der Waals surface area contributed by atoms with Crippen molar-refractivity contribution in [2.75, 3.05) is 13.2 Å². The fourth-order valence-corrected chi connectivity index (χ4v) is 1.24. The molecule has 0 bridgehead atoms. The zero-order valence-corrected chi connectivity index (χ0v) is 10.1. The van der Waals surface area contributed by atoms with Crippen molar-refractivity contribution in [2.24, 2.45) is 5.84 Å². The highest BCUT2D eigenvalue weighted by atomic mass is 16.5. The van der Waals surface area contributed by atoms with Gasteiger partial charge in [0.05, 0.1) is 32.2 Å². The van der Waals surface area contributed by atoms with Crippen molar-refractivity contribution in [3.05, 3.63) is 23.7 Å².